The molecule has 2 aromatic heterocycles. The minimum Gasteiger partial charge on any atom is -0.465 e. The Hall–Kier alpha value is -2.87. The second-order valence-electron chi connectivity index (χ2n) is 6.36. The lowest BCUT2D eigenvalue weighted by molar-refractivity contribution is 0.0630. The number of benzene rings is 1. The van der Waals surface area contributed by atoms with Crippen molar-refractivity contribution in [3.8, 4) is 0 Å². The average molecular weight is 329 g/mol. The van der Waals surface area contributed by atoms with E-state index >= 15 is 0 Å². The van der Waals surface area contributed by atoms with Crippen molar-refractivity contribution in [1.29, 1.82) is 0 Å². The Kier molecular flexibility index (Phi) is 3.56. The Balaban J connectivity index is 2.44. The van der Waals surface area contributed by atoms with Crippen LogP contribution in [0.2, 0.25) is 0 Å². The number of aromatic nitrogens is 3. The van der Waals surface area contributed by atoms with E-state index in [1.807, 2.05) is 24.3 Å². The predicted molar refractivity (Wildman–Crippen MR) is 92.2 cm³/mol. The average Bonchev–Trinajstić information content (AvgIpc) is 2.85. The molecule has 1 amide bonds. The summed E-state index contributed by atoms with van der Waals surface area (Å²) in [7, 11) is 1.40. The molecule has 0 bridgehead atoms. The van der Waals surface area contributed by atoms with Crippen LogP contribution in [0.15, 0.2) is 24.3 Å². The summed E-state index contributed by atoms with van der Waals surface area (Å²) in [5, 5.41) is 20.4. The molecule has 0 saturated heterocycles. The third-order valence-corrected chi connectivity index (χ3v) is 3.72. The number of para-hydroxylation sites is 1. The molecule has 8 nitrogen and oxygen atoms in total. The van der Waals surface area contributed by atoms with Gasteiger partial charge in [-0.05, 0) is 19.9 Å². The molecule has 4 N–H and O–H groups in total. The van der Waals surface area contributed by atoms with Crippen molar-refractivity contribution in [3.63, 3.8) is 0 Å². The quantitative estimate of drug-likeness (QED) is 0.677. The Labute approximate surface area is 138 Å². The maximum absolute atomic E-state index is 11.4. The number of imidazole rings is 1. The highest BCUT2D eigenvalue weighted by molar-refractivity contribution is 6.07. The molecule has 0 fully saturated rings. The molecule has 0 aliphatic carbocycles. The summed E-state index contributed by atoms with van der Waals surface area (Å²) in [5.74, 6) is 0.405. The molecular formula is C16H19N5O3. The first-order chi connectivity index (χ1) is 11.2. The summed E-state index contributed by atoms with van der Waals surface area (Å²) in [4.78, 5) is 21.1. The SMILES string of the molecule is CN(C(=O)O)c1nc2c(N)nc3ccccc3c2n1CC(C)(C)O. The van der Waals surface area contributed by atoms with Gasteiger partial charge in [0.25, 0.3) is 0 Å². The zero-order valence-corrected chi connectivity index (χ0v) is 13.7. The highest BCUT2D eigenvalue weighted by Gasteiger charge is 2.25. The van der Waals surface area contributed by atoms with Crippen molar-refractivity contribution in [2.45, 2.75) is 26.0 Å². The molecule has 0 atom stereocenters. The number of aliphatic hydroxyl groups is 1. The number of amides is 1. The van der Waals surface area contributed by atoms with Crippen molar-refractivity contribution in [2.24, 2.45) is 0 Å². The Morgan fingerprint density at radius 2 is 2.00 bits per heavy atom. The van der Waals surface area contributed by atoms with Gasteiger partial charge in [-0.1, -0.05) is 18.2 Å². The number of nitrogens with two attached hydrogens (primary N) is 1. The van der Waals surface area contributed by atoms with E-state index < -0.39 is 11.7 Å². The molecule has 1 aromatic carbocycles. The van der Waals surface area contributed by atoms with Gasteiger partial charge in [-0.3, -0.25) is 4.90 Å². The predicted octanol–water partition coefficient (Wildman–Crippen LogP) is 2.05. The lowest BCUT2D eigenvalue weighted by atomic mass is 10.1. The number of nitrogens with zero attached hydrogens (tertiary/aromatic N) is 4. The van der Waals surface area contributed by atoms with Crippen molar-refractivity contribution >= 4 is 39.8 Å². The van der Waals surface area contributed by atoms with Crippen LogP contribution in [0, 0.1) is 0 Å². The monoisotopic (exact) mass is 329 g/mol. The van der Waals surface area contributed by atoms with Gasteiger partial charge >= 0.3 is 6.09 Å². The summed E-state index contributed by atoms with van der Waals surface area (Å²) >= 11 is 0. The molecule has 2 heterocycles. The summed E-state index contributed by atoms with van der Waals surface area (Å²) in [5.41, 5.74) is 6.72. The molecule has 126 valence electrons. The van der Waals surface area contributed by atoms with Crippen LogP contribution in [0.3, 0.4) is 0 Å². The van der Waals surface area contributed by atoms with E-state index in [4.69, 9.17) is 5.73 Å². The lowest BCUT2D eigenvalue weighted by Crippen LogP contribution is -2.31. The Bertz CT molecular complexity index is 942. The summed E-state index contributed by atoms with van der Waals surface area (Å²) in [6.07, 6.45) is -1.15. The Morgan fingerprint density at radius 3 is 2.62 bits per heavy atom. The summed E-state index contributed by atoms with van der Waals surface area (Å²) in [6, 6.07) is 7.41. The number of nitrogen functional groups attached to an aromatic ring is 1. The molecule has 0 unspecified atom stereocenters. The highest BCUT2D eigenvalue weighted by atomic mass is 16.4. The molecule has 0 aliphatic rings. The largest absolute Gasteiger partial charge is 0.465 e. The van der Waals surface area contributed by atoms with Crippen LogP contribution in [0.4, 0.5) is 16.6 Å². The molecule has 24 heavy (non-hydrogen) atoms. The van der Waals surface area contributed by atoms with Gasteiger partial charge in [0.1, 0.15) is 5.52 Å². The van der Waals surface area contributed by atoms with Crippen molar-refractivity contribution < 1.29 is 15.0 Å². The number of fused-ring (bicyclic) bond motifs is 3. The first-order valence-electron chi connectivity index (χ1n) is 7.42. The van der Waals surface area contributed by atoms with Gasteiger partial charge in [0.2, 0.25) is 5.95 Å². The van der Waals surface area contributed by atoms with Gasteiger partial charge < -0.3 is 20.5 Å². The van der Waals surface area contributed by atoms with Crippen molar-refractivity contribution in [3.05, 3.63) is 24.3 Å². The topological polar surface area (TPSA) is 118 Å². The van der Waals surface area contributed by atoms with E-state index in [-0.39, 0.29) is 18.3 Å². The molecule has 8 heteroatoms. The number of rotatable bonds is 3. The van der Waals surface area contributed by atoms with Crippen molar-refractivity contribution in [1.82, 2.24) is 14.5 Å². The van der Waals surface area contributed by atoms with E-state index in [0.717, 1.165) is 10.3 Å². The van der Waals surface area contributed by atoms with Gasteiger partial charge in [-0.2, -0.15) is 0 Å². The minimum atomic E-state index is -1.15. The second kappa shape index (κ2) is 5.34. The second-order valence-corrected chi connectivity index (χ2v) is 6.36. The van der Waals surface area contributed by atoms with Gasteiger partial charge in [-0.25, -0.2) is 14.8 Å². The third-order valence-electron chi connectivity index (χ3n) is 3.72. The highest BCUT2D eigenvalue weighted by Crippen LogP contribution is 2.32. The smallest absolute Gasteiger partial charge is 0.413 e. The number of carbonyl (C=O) groups is 1. The molecule has 0 saturated carbocycles. The normalized spacial score (nSPS) is 12.0. The molecule has 3 rings (SSSR count). The Morgan fingerprint density at radius 1 is 1.33 bits per heavy atom. The molecule has 3 aromatic rings. The fraction of sp³-hybridized carbons (Fsp3) is 0.312. The zero-order valence-electron chi connectivity index (χ0n) is 13.7. The van der Waals surface area contributed by atoms with E-state index in [9.17, 15) is 15.0 Å². The molecule has 0 spiro atoms. The van der Waals surface area contributed by atoms with Gasteiger partial charge in [0.15, 0.2) is 5.82 Å². The first kappa shape index (κ1) is 16.0. The maximum atomic E-state index is 11.4. The van der Waals surface area contributed by atoms with E-state index in [1.165, 1.54) is 7.05 Å². The van der Waals surface area contributed by atoms with Crippen LogP contribution in [-0.2, 0) is 6.54 Å². The van der Waals surface area contributed by atoms with Gasteiger partial charge in [-0.15, -0.1) is 0 Å². The van der Waals surface area contributed by atoms with Crippen LogP contribution in [-0.4, -0.2) is 43.5 Å². The number of hydrogen-bond donors (Lipinski definition) is 3. The number of hydrogen-bond acceptors (Lipinski definition) is 5. The third kappa shape index (κ3) is 2.61. The summed E-state index contributed by atoms with van der Waals surface area (Å²) in [6.45, 7) is 3.45. The lowest BCUT2D eigenvalue weighted by Gasteiger charge is -2.22. The summed E-state index contributed by atoms with van der Waals surface area (Å²) < 4.78 is 1.67. The minimum absolute atomic E-state index is 0.157. The molecule has 0 radical (unpaired) electrons. The molecular weight excluding hydrogens is 310 g/mol. The van der Waals surface area contributed by atoms with Crippen molar-refractivity contribution in [2.75, 3.05) is 17.7 Å². The first-order valence-corrected chi connectivity index (χ1v) is 7.42. The zero-order chi connectivity index (χ0) is 17.6. The van der Waals surface area contributed by atoms with E-state index in [2.05, 4.69) is 9.97 Å². The van der Waals surface area contributed by atoms with Crippen LogP contribution >= 0.6 is 0 Å². The fourth-order valence-electron chi connectivity index (χ4n) is 2.73. The fourth-order valence-corrected chi connectivity index (χ4v) is 2.73. The van der Waals surface area contributed by atoms with Gasteiger partial charge in [0, 0.05) is 12.4 Å². The van der Waals surface area contributed by atoms with Crippen LogP contribution in [0.1, 0.15) is 13.8 Å². The van der Waals surface area contributed by atoms with E-state index in [0.29, 0.717) is 16.6 Å². The standard InChI is InChI=1S/C16H19N5O3/c1-16(2,24)8-21-12-9-6-4-5-7-10(9)18-13(17)11(12)19-14(21)20(3)15(22)23/h4-7,24H,8H2,1-3H3,(H2,17,18)(H,22,23). The number of anilines is 2. The number of pyridine rings is 1. The van der Waals surface area contributed by atoms with Crippen LogP contribution < -0.4 is 10.6 Å². The maximum Gasteiger partial charge on any atom is 0.413 e. The number of carboxylic acid groups (broad SMARTS) is 1. The van der Waals surface area contributed by atoms with E-state index in [1.54, 1.807) is 18.4 Å². The molecule has 0 aliphatic heterocycles. The van der Waals surface area contributed by atoms with Crippen LogP contribution in [0.25, 0.3) is 21.9 Å². The van der Waals surface area contributed by atoms with Gasteiger partial charge in [0.05, 0.1) is 23.2 Å². The van der Waals surface area contributed by atoms with Crippen LogP contribution in [0.5, 0.6) is 0 Å².